The van der Waals surface area contributed by atoms with Gasteiger partial charge in [0.15, 0.2) is 5.78 Å². The minimum absolute atomic E-state index is 0. The maximum absolute atomic E-state index is 11.8. The van der Waals surface area contributed by atoms with Crippen LogP contribution in [0.1, 0.15) is 15.9 Å². The van der Waals surface area contributed by atoms with Gasteiger partial charge in [-0.15, -0.1) is 0 Å². The third-order valence-corrected chi connectivity index (χ3v) is 3.99. The second-order valence-corrected chi connectivity index (χ2v) is 6.06. The van der Waals surface area contributed by atoms with Crippen molar-refractivity contribution in [2.24, 2.45) is 0 Å². The fourth-order valence-electron chi connectivity index (χ4n) is 2.53. The van der Waals surface area contributed by atoms with Crippen LogP contribution >= 0.6 is 0 Å². The summed E-state index contributed by atoms with van der Waals surface area (Å²) in [5, 5.41) is 9.79. The fourth-order valence-corrected chi connectivity index (χ4v) is 2.53. The number of nitrogens with zero attached hydrogens (tertiary/aromatic N) is 2. The average molecular weight is 549 g/mol. The third kappa shape index (κ3) is 7.21. The Morgan fingerprint density at radius 3 is 1.50 bits per heavy atom. The first-order chi connectivity index (χ1) is 14.2. The Bertz CT molecular complexity index is 1020. The predicted molar refractivity (Wildman–Crippen MR) is 115 cm³/mol. The second kappa shape index (κ2) is 12.7. The number of benzene rings is 2. The molecule has 30 heavy (non-hydrogen) atoms. The summed E-state index contributed by atoms with van der Waals surface area (Å²) in [5.74, 6) is -0.216. The Labute approximate surface area is 205 Å². The summed E-state index contributed by atoms with van der Waals surface area (Å²) < 4.78 is 0. The second-order valence-electron chi connectivity index (χ2n) is 6.06. The minimum Gasteiger partial charge on any atom is -0.507 e. The van der Waals surface area contributed by atoms with E-state index in [1.54, 1.807) is 48.8 Å². The first-order valence-corrected chi connectivity index (χ1v) is 9.12. The number of rotatable bonds is 4. The van der Waals surface area contributed by atoms with Crippen molar-refractivity contribution in [2.45, 2.75) is 0 Å². The summed E-state index contributed by atoms with van der Waals surface area (Å²) >= 11 is 0. The summed E-state index contributed by atoms with van der Waals surface area (Å²) in [7, 11) is 0. The fraction of sp³-hybridized carbons (Fsp3) is 0. The van der Waals surface area contributed by atoms with Gasteiger partial charge in [-0.2, -0.15) is 0 Å². The van der Waals surface area contributed by atoms with E-state index in [1.807, 2.05) is 60.7 Å². The van der Waals surface area contributed by atoms with Crippen molar-refractivity contribution in [1.82, 2.24) is 9.97 Å². The summed E-state index contributed by atoms with van der Waals surface area (Å²) in [4.78, 5) is 20.2. The molecule has 0 amide bonds. The molecule has 0 aliphatic heterocycles. The van der Waals surface area contributed by atoms with Crippen LogP contribution in [0.5, 0.6) is 0 Å². The largest absolute Gasteiger partial charge is 0.507 e. The van der Waals surface area contributed by atoms with Gasteiger partial charge in [-0.25, -0.2) is 0 Å². The van der Waals surface area contributed by atoms with Crippen LogP contribution in [-0.2, 0) is 0 Å². The van der Waals surface area contributed by atoms with Gasteiger partial charge in [0.25, 0.3) is 0 Å². The molecule has 5 heteroatoms. The summed E-state index contributed by atoms with van der Waals surface area (Å²) in [6, 6.07) is 29.5. The van der Waals surface area contributed by atoms with Crippen LogP contribution in [0, 0.1) is 36.9 Å². The van der Waals surface area contributed by atoms with Crippen LogP contribution in [0.2, 0.25) is 0 Å². The topological polar surface area (TPSA) is 63.1 Å². The van der Waals surface area contributed by atoms with Crippen LogP contribution in [-0.4, -0.2) is 20.9 Å². The van der Waals surface area contributed by atoms with Crippen LogP contribution in [0.4, 0.5) is 0 Å². The molecule has 4 aromatic rings. The van der Waals surface area contributed by atoms with Crippen LogP contribution in [0.25, 0.3) is 17.1 Å². The Balaban J connectivity index is 0.000000218. The maximum atomic E-state index is 11.8. The molecule has 2 aromatic carbocycles. The van der Waals surface area contributed by atoms with Gasteiger partial charge in [-0.05, 0) is 24.3 Å². The normalized spacial score (nSPS) is 10.2. The average Bonchev–Trinajstić information content (AvgIpc) is 2.82. The van der Waals surface area contributed by atoms with Gasteiger partial charge in [0.05, 0.1) is 11.4 Å². The van der Waals surface area contributed by atoms with Gasteiger partial charge in [0, 0.05) is 66.5 Å². The van der Waals surface area contributed by atoms with E-state index >= 15 is 0 Å². The van der Waals surface area contributed by atoms with Crippen molar-refractivity contribution in [3.63, 3.8) is 0 Å². The number of aliphatic hydroxyl groups is 1. The summed E-state index contributed by atoms with van der Waals surface area (Å²) in [6.07, 6.45) is 4.78. The Morgan fingerprint density at radius 2 is 1.07 bits per heavy atom. The number of carbonyl (C=O) groups is 1. The van der Waals surface area contributed by atoms with Gasteiger partial charge in [0.2, 0.25) is 0 Å². The summed E-state index contributed by atoms with van der Waals surface area (Å²) in [6.45, 7) is 0. The van der Waals surface area contributed by atoms with Gasteiger partial charge in [-0.3, -0.25) is 14.8 Å². The molecule has 0 fully saturated rings. The smallest absolute Gasteiger partial charge is 0.189 e. The molecule has 1 N–H and O–H groups in total. The van der Waals surface area contributed by atoms with E-state index in [4.69, 9.17) is 0 Å². The predicted octanol–water partition coefficient (Wildman–Crippen LogP) is 5.61. The molecule has 1 radical (unpaired) electrons. The molecule has 0 saturated carbocycles. The minimum atomic E-state index is -0.202. The Morgan fingerprint density at radius 1 is 0.633 bits per heavy atom. The van der Waals surface area contributed by atoms with Crippen molar-refractivity contribution < 1.29 is 46.8 Å². The van der Waals surface area contributed by atoms with Crippen molar-refractivity contribution >= 4 is 11.5 Å². The molecule has 4 nitrogen and oxygen atoms in total. The van der Waals surface area contributed by atoms with E-state index in [1.165, 1.54) is 6.08 Å². The van der Waals surface area contributed by atoms with E-state index in [0.717, 1.165) is 11.4 Å². The number of aromatic nitrogens is 2. The van der Waals surface area contributed by atoms with Crippen molar-refractivity contribution in [3.8, 4) is 11.4 Å². The van der Waals surface area contributed by atoms with Crippen LogP contribution < -0.4 is 0 Å². The van der Waals surface area contributed by atoms with E-state index in [-0.39, 0.29) is 48.4 Å². The molecule has 2 aromatic heterocycles. The number of hydrogen-bond donors (Lipinski definition) is 1. The van der Waals surface area contributed by atoms with Crippen LogP contribution in [0.15, 0.2) is 116 Å². The zero-order valence-electron chi connectivity index (χ0n) is 16.0. The molecule has 0 aliphatic rings. The van der Waals surface area contributed by atoms with Crippen molar-refractivity contribution in [2.75, 3.05) is 0 Å². The first kappa shape index (κ1) is 23.5. The van der Waals surface area contributed by atoms with E-state index in [9.17, 15) is 9.90 Å². The number of aliphatic hydroxyl groups excluding tert-OH is 1. The van der Waals surface area contributed by atoms with E-state index in [2.05, 4.69) is 9.97 Å². The molecular formula is C25H20N2O2Tm. The molecule has 0 atom stereocenters. The number of hydrogen-bond acceptors (Lipinski definition) is 4. The molecule has 0 aliphatic carbocycles. The Kier molecular flexibility index (Phi) is 9.92. The monoisotopic (exact) mass is 549 g/mol. The standard InChI is InChI=1S/C15H12O2.C10H8N2.Tm/c16-14(12-7-3-1-4-8-12)11-15(17)13-9-5-2-6-10-13;1-3-7-11-9(5-1)10-6-2-4-8-12-10;/h1-11,16H;1-8H;/b14-11-;;. The molecule has 0 spiro atoms. The van der Waals surface area contributed by atoms with Gasteiger partial charge in [-0.1, -0.05) is 72.8 Å². The molecule has 0 saturated heterocycles. The van der Waals surface area contributed by atoms with Gasteiger partial charge >= 0.3 is 0 Å². The Hall–Kier alpha value is -2.82. The van der Waals surface area contributed by atoms with Crippen molar-refractivity contribution in [3.05, 3.63) is 127 Å². The quantitative estimate of drug-likeness (QED) is 0.204. The number of allylic oxidation sites excluding steroid dienone is 1. The first-order valence-electron chi connectivity index (χ1n) is 9.12. The van der Waals surface area contributed by atoms with Crippen molar-refractivity contribution in [1.29, 1.82) is 0 Å². The van der Waals surface area contributed by atoms with Gasteiger partial charge < -0.3 is 5.11 Å². The zero-order chi connectivity index (χ0) is 20.3. The molecular weight excluding hydrogens is 529 g/mol. The number of pyridine rings is 2. The van der Waals surface area contributed by atoms with E-state index < -0.39 is 0 Å². The van der Waals surface area contributed by atoms with Gasteiger partial charge in [0.1, 0.15) is 5.76 Å². The molecule has 155 valence electrons. The molecule has 2 heterocycles. The number of carbonyl (C=O) groups excluding carboxylic acids is 1. The number of ketones is 1. The molecule has 0 bridgehead atoms. The summed E-state index contributed by atoms with van der Waals surface area (Å²) in [5.41, 5.74) is 3.03. The third-order valence-electron chi connectivity index (χ3n) is 3.99. The zero-order valence-corrected chi connectivity index (χ0v) is 17.8. The molecule has 0 unspecified atom stereocenters. The molecule has 4 rings (SSSR count). The SMILES string of the molecule is O=C(/C=C(\O)c1ccccc1)c1ccccc1.[Tm].c1ccc(-c2ccccn2)nc1. The van der Waals surface area contributed by atoms with Crippen LogP contribution in [0.3, 0.4) is 0 Å². The van der Waals surface area contributed by atoms with E-state index in [0.29, 0.717) is 11.1 Å². The maximum Gasteiger partial charge on any atom is 0.189 e.